The summed E-state index contributed by atoms with van der Waals surface area (Å²) in [7, 11) is 4.64. The molecule has 0 fully saturated rings. The van der Waals surface area contributed by atoms with Gasteiger partial charge < -0.3 is 34.3 Å². The maximum atomic E-state index is 13.7. The number of methoxy groups -OCH3 is 3. The Labute approximate surface area is 234 Å². The van der Waals surface area contributed by atoms with Crippen LogP contribution in [0.4, 0.5) is 10.5 Å². The maximum Gasteiger partial charge on any atom is 0.322 e. The summed E-state index contributed by atoms with van der Waals surface area (Å²) < 4.78 is 15.9. The number of para-hydroxylation sites is 1. The number of urea groups is 1. The van der Waals surface area contributed by atoms with Gasteiger partial charge in [-0.25, -0.2) is 4.79 Å². The minimum Gasteiger partial charge on any atom is -0.497 e. The Morgan fingerprint density at radius 3 is 2.40 bits per heavy atom. The second-order valence-electron chi connectivity index (χ2n) is 9.32. The molecule has 3 aromatic carbocycles. The third-order valence-corrected chi connectivity index (χ3v) is 6.72. The SMILES string of the molecule is COCCN(CC(=O)N(CCc1c[nH]c2ccccc12)Cc1ccccc1)C(=O)Nc1ccc(OC)cc1OC. The van der Waals surface area contributed by atoms with E-state index in [4.69, 9.17) is 14.2 Å². The van der Waals surface area contributed by atoms with E-state index in [-0.39, 0.29) is 25.6 Å². The molecule has 40 heavy (non-hydrogen) atoms. The first-order chi connectivity index (χ1) is 19.5. The quantitative estimate of drug-likeness (QED) is 0.249. The number of H-pyrrole nitrogens is 1. The topological polar surface area (TPSA) is 96.1 Å². The number of rotatable bonds is 13. The highest BCUT2D eigenvalue weighted by atomic mass is 16.5. The van der Waals surface area contributed by atoms with Crippen molar-refractivity contribution >= 4 is 28.5 Å². The molecule has 210 valence electrons. The standard InChI is InChI=1S/C31H36N4O5/c1-38-18-17-35(31(37)33-28-14-13-25(39-2)19-29(28)40-3)22-30(36)34(21-23-9-5-4-6-10-23)16-15-24-20-32-27-12-8-7-11-26(24)27/h4-14,19-20,32H,15-18,21-22H2,1-3H3,(H,33,37). The van der Waals surface area contributed by atoms with Crippen molar-refractivity contribution in [2.75, 3.05) is 52.9 Å². The van der Waals surface area contributed by atoms with E-state index in [9.17, 15) is 9.59 Å². The monoisotopic (exact) mass is 544 g/mol. The molecule has 0 unspecified atom stereocenters. The summed E-state index contributed by atoms with van der Waals surface area (Å²) in [4.78, 5) is 33.6. The fraction of sp³-hybridized carbons (Fsp3) is 0.290. The van der Waals surface area contributed by atoms with Crippen LogP contribution in [0.3, 0.4) is 0 Å². The summed E-state index contributed by atoms with van der Waals surface area (Å²) in [6.45, 7) is 1.37. The van der Waals surface area contributed by atoms with Crippen LogP contribution in [0.1, 0.15) is 11.1 Å². The number of nitrogens with one attached hydrogen (secondary N) is 2. The van der Waals surface area contributed by atoms with Crippen LogP contribution in [0.5, 0.6) is 11.5 Å². The number of amides is 3. The number of anilines is 1. The molecular weight excluding hydrogens is 508 g/mol. The van der Waals surface area contributed by atoms with Gasteiger partial charge >= 0.3 is 6.03 Å². The van der Waals surface area contributed by atoms with Crippen molar-refractivity contribution in [1.82, 2.24) is 14.8 Å². The van der Waals surface area contributed by atoms with Crippen LogP contribution in [-0.4, -0.2) is 74.3 Å². The Hall–Kier alpha value is -4.50. The van der Waals surface area contributed by atoms with Gasteiger partial charge in [0, 0.05) is 49.9 Å². The summed E-state index contributed by atoms with van der Waals surface area (Å²) in [5, 5.41) is 4.01. The number of hydrogen-bond acceptors (Lipinski definition) is 5. The lowest BCUT2D eigenvalue weighted by atomic mass is 10.1. The summed E-state index contributed by atoms with van der Waals surface area (Å²) in [6.07, 6.45) is 2.67. The Kier molecular flexibility index (Phi) is 10.0. The molecule has 9 heteroatoms. The number of fused-ring (bicyclic) bond motifs is 1. The first-order valence-electron chi connectivity index (χ1n) is 13.2. The lowest BCUT2D eigenvalue weighted by Crippen LogP contribution is -2.46. The van der Waals surface area contributed by atoms with E-state index in [0.29, 0.717) is 36.7 Å². The van der Waals surface area contributed by atoms with Crippen LogP contribution in [0, 0.1) is 0 Å². The molecule has 2 N–H and O–H groups in total. The number of carbonyl (C=O) groups excluding carboxylic acids is 2. The number of hydrogen-bond donors (Lipinski definition) is 2. The minimum absolute atomic E-state index is 0.103. The van der Waals surface area contributed by atoms with Crippen molar-refractivity contribution in [1.29, 1.82) is 0 Å². The van der Waals surface area contributed by atoms with Gasteiger partial charge in [-0.2, -0.15) is 0 Å². The van der Waals surface area contributed by atoms with Gasteiger partial charge in [0.05, 0.1) is 26.5 Å². The summed E-state index contributed by atoms with van der Waals surface area (Å²) in [5.74, 6) is 0.903. The van der Waals surface area contributed by atoms with E-state index in [0.717, 1.165) is 22.0 Å². The highest BCUT2D eigenvalue weighted by Crippen LogP contribution is 2.29. The fourth-order valence-corrected chi connectivity index (χ4v) is 4.50. The Morgan fingerprint density at radius 1 is 0.875 bits per heavy atom. The van der Waals surface area contributed by atoms with Gasteiger partial charge in [0.2, 0.25) is 5.91 Å². The van der Waals surface area contributed by atoms with Gasteiger partial charge in [0.1, 0.15) is 18.0 Å². The number of aromatic nitrogens is 1. The molecule has 0 aliphatic heterocycles. The Bertz CT molecular complexity index is 1410. The van der Waals surface area contributed by atoms with Crippen LogP contribution < -0.4 is 14.8 Å². The van der Waals surface area contributed by atoms with E-state index in [2.05, 4.69) is 16.4 Å². The van der Waals surface area contributed by atoms with Gasteiger partial charge in [-0.1, -0.05) is 48.5 Å². The molecule has 1 aromatic heterocycles. The van der Waals surface area contributed by atoms with E-state index in [1.807, 2.05) is 54.7 Å². The molecule has 0 spiro atoms. The summed E-state index contributed by atoms with van der Waals surface area (Å²) >= 11 is 0. The molecule has 3 amide bonds. The molecule has 0 saturated heterocycles. The van der Waals surface area contributed by atoms with E-state index < -0.39 is 6.03 Å². The van der Waals surface area contributed by atoms with Crippen molar-refractivity contribution in [2.24, 2.45) is 0 Å². The molecule has 4 aromatic rings. The zero-order valence-corrected chi connectivity index (χ0v) is 23.2. The molecule has 0 bridgehead atoms. The zero-order valence-electron chi connectivity index (χ0n) is 23.2. The molecule has 0 atom stereocenters. The van der Waals surface area contributed by atoms with Gasteiger partial charge in [-0.05, 0) is 35.7 Å². The lowest BCUT2D eigenvalue weighted by Gasteiger charge is -2.28. The van der Waals surface area contributed by atoms with Crippen molar-refractivity contribution in [3.63, 3.8) is 0 Å². The van der Waals surface area contributed by atoms with E-state index >= 15 is 0 Å². The van der Waals surface area contributed by atoms with E-state index in [1.54, 1.807) is 37.3 Å². The summed E-state index contributed by atoms with van der Waals surface area (Å²) in [6, 6.07) is 22.7. The number of nitrogens with zero attached hydrogens (tertiary/aromatic N) is 2. The molecule has 0 saturated carbocycles. The predicted octanol–water partition coefficient (Wildman–Crippen LogP) is 4.94. The van der Waals surface area contributed by atoms with Crippen LogP contribution in [0.25, 0.3) is 10.9 Å². The molecule has 0 radical (unpaired) electrons. The van der Waals surface area contributed by atoms with Gasteiger partial charge in [0.15, 0.2) is 0 Å². The number of carbonyl (C=O) groups is 2. The van der Waals surface area contributed by atoms with Gasteiger partial charge in [-0.15, -0.1) is 0 Å². The first kappa shape index (κ1) is 28.5. The minimum atomic E-state index is -0.426. The molecule has 0 aliphatic carbocycles. The number of benzene rings is 3. The predicted molar refractivity (Wildman–Crippen MR) is 156 cm³/mol. The van der Waals surface area contributed by atoms with Gasteiger partial charge in [0.25, 0.3) is 0 Å². The second kappa shape index (κ2) is 14.0. The van der Waals surface area contributed by atoms with Crippen LogP contribution in [-0.2, 0) is 22.5 Å². The van der Waals surface area contributed by atoms with Crippen molar-refractivity contribution in [3.8, 4) is 11.5 Å². The molecule has 9 nitrogen and oxygen atoms in total. The van der Waals surface area contributed by atoms with Crippen molar-refractivity contribution in [2.45, 2.75) is 13.0 Å². The van der Waals surface area contributed by atoms with Crippen molar-refractivity contribution in [3.05, 3.63) is 90.1 Å². The zero-order chi connectivity index (χ0) is 28.3. The molecule has 1 heterocycles. The molecular formula is C31H36N4O5. The number of ether oxygens (including phenoxy) is 3. The van der Waals surface area contributed by atoms with Crippen LogP contribution >= 0.6 is 0 Å². The third-order valence-electron chi connectivity index (χ3n) is 6.72. The average molecular weight is 545 g/mol. The largest absolute Gasteiger partial charge is 0.497 e. The third kappa shape index (κ3) is 7.33. The van der Waals surface area contributed by atoms with Crippen molar-refractivity contribution < 1.29 is 23.8 Å². The second-order valence-corrected chi connectivity index (χ2v) is 9.32. The fourth-order valence-electron chi connectivity index (χ4n) is 4.50. The Morgan fingerprint density at radius 2 is 1.65 bits per heavy atom. The van der Waals surface area contributed by atoms with E-state index in [1.165, 1.54) is 12.0 Å². The van der Waals surface area contributed by atoms with Crippen LogP contribution in [0.2, 0.25) is 0 Å². The highest BCUT2D eigenvalue weighted by molar-refractivity contribution is 5.93. The maximum absolute atomic E-state index is 13.7. The highest BCUT2D eigenvalue weighted by Gasteiger charge is 2.23. The lowest BCUT2D eigenvalue weighted by molar-refractivity contribution is -0.132. The Balaban J connectivity index is 1.51. The number of aromatic amines is 1. The first-order valence-corrected chi connectivity index (χ1v) is 13.2. The summed E-state index contributed by atoms with van der Waals surface area (Å²) in [5.41, 5.74) is 3.70. The smallest absolute Gasteiger partial charge is 0.322 e. The molecule has 4 rings (SSSR count). The molecule has 0 aliphatic rings. The normalized spacial score (nSPS) is 10.8. The van der Waals surface area contributed by atoms with Crippen LogP contribution in [0.15, 0.2) is 79.0 Å². The van der Waals surface area contributed by atoms with Gasteiger partial charge in [-0.3, -0.25) is 4.79 Å². The average Bonchev–Trinajstić information content (AvgIpc) is 3.40.